The SMILES string of the molecule is O=C(COc1cccc(Cl)c1)NNC(=S)NCCCc1ccccc1. The number of amides is 1. The Kier molecular flexibility index (Phi) is 8.01. The van der Waals surface area contributed by atoms with Gasteiger partial charge in [0, 0.05) is 11.6 Å². The summed E-state index contributed by atoms with van der Waals surface area (Å²) in [5.41, 5.74) is 6.41. The predicted molar refractivity (Wildman–Crippen MR) is 104 cm³/mol. The van der Waals surface area contributed by atoms with Gasteiger partial charge in [-0.2, -0.15) is 0 Å². The molecule has 7 heteroatoms. The number of ether oxygens (including phenoxy) is 1. The third-order valence-corrected chi connectivity index (χ3v) is 3.73. The summed E-state index contributed by atoms with van der Waals surface area (Å²) < 4.78 is 5.33. The molecule has 1 amide bonds. The Balaban J connectivity index is 1.55. The van der Waals surface area contributed by atoms with Crippen molar-refractivity contribution in [3.63, 3.8) is 0 Å². The van der Waals surface area contributed by atoms with Crippen LogP contribution in [0.2, 0.25) is 5.02 Å². The van der Waals surface area contributed by atoms with Crippen LogP contribution in [0.1, 0.15) is 12.0 Å². The number of nitrogens with one attached hydrogen (secondary N) is 3. The minimum Gasteiger partial charge on any atom is -0.484 e. The van der Waals surface area contributed by atoms with E-state index >= 15 is 0 Å². The molecule has 0 bridgehead atoms. The average Bonchev–Trinajstić information content (AvgIpc) is 2.63. The molecule has 132 valence electrons. The molecule has 0 saturated heterocycles. The van der Waals surface area contributed by atoms with Gasteiger partial charge in [0.2, 0.25) is 0 Å². The lowest BCUT2D eigenvalue weighted by atomic mass is 10.1. The highest BCUT2D eigenvalue weighted by Gasteiger charge is 2.04. The fourth-order valence-corrected chi connectivity index (χ4v) is 2.38. The molecular weight excluding hydrogens is 358 g/mol. The van der Waals surface area contributed by atoms with E-state index in [0.717, 1.165) is 19.4 Å². The zero-order valence-electron chi connectivity index (χ0n) is 13.6. The molecule has 5 nitrogen and oxygen atoms in total. The van der Waals surface area contributed by atoms with Crippen molar-refractivity contribution in [3.8, 4) is 5.75 Å². The number of hydrazine groups is 1. The summed E-state index contributed by atoms with van der Waals surface area (Å²) in [4.78, 5) is 11.7. The van der Waals surface area contributed by atoms with E-state index in [-0.39, 0.29) is 12.5 Å². The second-order valence-electron chi connectivity index (χ2n) is 5.26. The number of aryl methyl sites for hydroxylation is 1. The zero-order valence-corrected chi connectivity index (χ0v) is 15.2. The molecule has 25 heavy (non-hydrogen) atoms. The molecule has 2 aromatic rings. The van der Waals surface area contributed by atoms with Crippen LogP contribution in [0.15, 0.2) is 54.6 Å². The minimum absolute atomic E-state index is 0.135. The van der Waals surface area contributed by atoms with Gasteiger partial charge in [0.05, 0.1) is 0 Å². The first kappa shape index (κ1) is 19.0. The Hall–Kier alpha value is -2.31. The van der Waals surface area contributed by atoms with E-state index in [0.29, 0.717) is 15.9 Å². The molecule has 0 spiro atoms. The first-order chi connectivity index (χ1) is 12.1. The van der Waals surface area contributed by atoms with Gasteiger partial charge in [0.25, 0.3) is 5.91 Å². The lowest BCUT2D eigenvalue weighted by molar-refractivity contribution is -0.123. The molecule has 0 aromatic heterocycles. The summed E-state index contributed by atoms with van der Waals surface area (Å²) in [6, 6.07) is 17.1. The standard InChI is InChI=1S/C18H20ClN3O2S/c19-15-9-4-10-16(12-15)24-13-17(23)21-22-18(25)20-11-5-8-14-6-2-1-3-7-14/h1-4,6-7,9-10,12H,5,8,11,13H2,(H,21,23)(H2,20,22,25). The molecular formula is C18H20ClN3O2S. The Morgan fingerprint density at radius 2 is 1.88 bits per heavy atom. The smallest absolute Gasteiger partial charge is 0.276 e. The molecule has 2 rings (SSSR count). The Morgan fingerprint density at radius 3 is 2.64 bits per heavy atom. The lowest BCUT2D eigenvalue weighted by Crippen LogP contribution is -2.48. The number of carbonyl (C=O) groups is 1. The van der Waals surface area contributed by atoms with E-state index in [1.54, 1.807) is 24.3 Å². The van der Waals surface area contributed by atoms with Crippen molar-refractivity contribution in [2.75, 3.05) is 13.2 Å². The van der Waals surface area contributed by atoms with Crippen LogP contribution in [-0.4, -0.2) is 24.2 Å². The predicted octanol–water partition coefficient (Wildman–Crippen LogP) is 2.85. The van der Waals surface area contributed by atoms with Gasteiger partial charge in [-0.1, -0.05) is 48.0 Å². The van der Waals surface area contributed by atoms with Crippen LogP contribution < -0.4 is 20.9 Å². The van der Waals surface area contributed by atoms with E-state index in [2.05, 4.69) is 28.3 Å². The monoisotopic (exact) mass is 377 g/mol. The molecule has 2 aromatic carbocycles. The van der Waals surface area contributed by atoms with Crippen LogP contribution in [0.4, 0.5) is 0 Å². The third kappa shape index (κ3) is 7.87. The van der Waals surface area contributed by atoms with Crippen molar-refractivity contribution >= 4 is 34.8 Å². The number of rotatable bonds is 7. The maximum absolute atomic E-state index is 11.7. The first-order valence-electron chi connectivity index (χ1n) is 7.88. The Morgan fingerprint density at radius 1 is 1.08 bits per heavy atom. The fourth-order valence-electron chi connectivity index (χ4n) is 2.05. The van der Waals surface area contributed by atoms with E-state index in [1.807, 2.05) is 18.2 Å². The molecule has 0 saturated carbocycles. The highest BCUT2D eigenvalue weighted by molar-refractivity contribution is 7.80. The van der Waals surface area contributed by atoms with Crippen molar-refractivity contribution in [2.45, 2.75) is 12.8 Å². The number of benzene rings is 2. The molecule has 0 aliphatic heterocycles. The van der Waals surface area contributed by atoms with Gasteiger partial charge < -0.3 is 10.1 Å². The minimum atomic E-state index is -0.339. The second-order valence-corrected chi connectivity index (χ2v) is 6.11. The van der Waals surface area contributed by atoms with E-state index < -0.39 is 0 Å². The number of thiocarbonyl (C=S) groups is 1. The van der Waals surface area contributed by atoms with Crippen LogP contribution in [-0.2, 0) is 11.2 Å². The van der Waals surface area contributed by atoms with E-state index in [1.165, 1.54) is 5.56 Å². The number of hydrogen-bond donors (Lipinski definition) is 3. The van der Waals surface area contributed by atoms with E-state index in [9.17, 15) is 4.79 Å². The van der Waals surface area contributed by atoms with Gasteiger partial charge in [0.1, 0.15) is 5.75 Å². The van der Waals surface area contributed by atoms with Crippen LogP contribution in [0, 0.1) is 0 Å². The number of hydrogen-bond acceptors (Lipinski definition) is 3. The van der Waals surface area contributed by atoms with Crippen LogP contribution in [0.3, 0.4) is 0 Å². The first-order valence-corrected chi connectivity index (χ1v) is 8.67. The van der Waals surface area contributed by atoms with Crippen LogP contribution in [0.25, 0.3) is 0 Å². The highest BCUT2D eigenvalue weighted by atomic mass is 35.5. The summed E-state index contributed by atoms with van der Waals surface area (Å²) in [7, 11) is 0. The van der Waals surface area contributed by atoms with Crippen molar-refractivity contribution in [1.82, 2.24) is 16.2 Å². The fraction of sp³-hybridized carbons (Fsp3) is 0.222. The zero-order chi connectivity index (χ0) is 17.9. The Labute approximate surface area is 157 Å². The molecule has 3 N–H and O–H groups in total. The van der Waals surface area contributed by atoms with Crippen molar-refractivity contribution in [3.05, 3.63) is 65.2 Å². The summed E-state index contributed by atoms with van der Waals surface area (Å²) >= 11 is 10.9. The summed E-state index contributed by atoms with van der Waals surface area (Å²) in [6.07, 6.45) is 1.91. The van der Waals surface area contributed by atoms with Gasteiger partial charge in [-0.3, -0.25) is 15.6 Å². The number of halogens is 1. The molecule has 0 radical (unpaired) electrons. The van der Waals surface area contributed by atoms with Gasteiger partial charge in [0.15, 0.2) is 11.7 Å². The second kappa shape index (κ2) is 10.5. The normalized spacial score (nSPS) is 9.96. The quantitative estimate of drug-likeness (QED) is 0.393. The molecule has 0 atom stereocenters. The summed E-state index contributed by atoms with van der Waals surface area (Å²) in [5.74, 6) is 0.192. The van der Waals surface area contributed by atoms with Crippen LogP contribution >= 0.6 is 23.8 Å². The maximum atomic E-state index is 11.7. The highest BCUT2D eigenvalue weighted by Crippen LogP contribution is 2.16. The molecule has 0 aliphatic rings. The van der Waals surface area contributed by atoms with Crippen molar-refractivity contribution < 1.29 is 9.53 Å². The van der Waals surface area contributed by atoms with Gasteiger partial charge in [-0.05, 0) is 48.8 Å². The molecule has 0 unspecified atom stereocenters. The molecule has 0 fully saturated rings. The van der Waals surface area contributed by atoms with E-state index in [4.69, 9.17) is 28.6 Å². The summed E-state index contributed by atoms with van der Waals surface area (Å²) in [5, 5.41) is 3.95. The molecule has 0 aliphatic carbocycles. The van der Waals surface area contributed by atoms with Crippen molar-refractivity contribution in [1.29, 1.82) is 0 Å². The lowest BCUT2D eigenvalue weighted by Gasteiger charge is -2.12. The maximum Gasteiger partial charge on any atom is 0.276 e. The van der Waals surface area contributed by atoms with Crippen LogP contribution in [0.5, 0.6) is 5.75 Å². The topological polar surface area (TPSA) is 62.4 Å². The van der Waals surface area contributed by atoms with Gasteiger partial charge >= 0.3 is 0 Å². The summed E-state index contributed by atoms with van der Waals surface area (Å²) in [6.45, 7) is 0.583. The molecule has 0 heterocycles. The largest absolute Gasteiger partial charge is 0.484 e. The third-order valence-electron chi connectivity index (χ3n) is 3.25. The van der Waals surface area contributed by atoms with Crippen molar-refractivity contribution in [2.24, 2.45) is 0 Å². The average molecular weight is 378 g/mol. The number of carbonyl (C=O) groups excluding carboxylic acids is 1. The Bertz CT molecular complexity index is 698. The van der Waals surface area contributed by atoms with Gasteiger partial charge in [-0.15, -0.1) is 0 Å². The van der Waals surface area contributed by atoms with Gasteiger partial charge in [-0.25, -0.2) is 0 Å².